The third-order valence-corrected chi connectivity index (χ3v) is 3.33. The number of benzene rings is 1. The molecule has 1 aromatic carbocycles. The van der Waals surface area contributed by atoms with Crippen LogP contribution >= 0.6 is 54.5 Å². The van der Waals surface area contributed by atoms with Crippen LogP contribution in [0.4, 0.5) is 4.39 Å². The van der Waals surface area contributed by atoms with Crippen molar-refractivity contribution < 1.29 is 4.39 Å². The van der Waals surface area contributed by atoms with Crippen molar-refractivity contribution in [2.75, 3.05) is 0 Å². The van der Waals surface area contributed by atoms with Crippen LogP contribution in [0.15, 0.2) is 16.6 Å². The molecule has 0 unspecified atom stereocenters. The summed E-state index contributed by atoms with van der Waals surface area (Å²) in [6.45, 7) is 0. The van der Waals surface area contributed by atoms with Gasteiger partial charge in [-0.05, 0) is 56.2 Å². The van der Waals surface area contributed by atoms with Gasteiger partial charge in [-0.25, -0.2) is 4.39 Å². The fourth-order valence-electron chi connectivity index (χ4n) is 0.707. The zero-order chi connectivity index (χ0) is 8.43. The lowest BCUT2D eigenvalue weighted by Crippen LogP contribution is -1.87. The van der Waals surface area contributed by atoms with E-state index in [4.69, 9.17) is 0 Å². The summed E-state index contributed by atoms with van der Waals surface area (Å²) in [5.74, 6) is -0.202. The van der Waals surface area contributed by atoms with Crippen LogP contribution in [-0.4, -0.2) is 0 Å². The average Bonchev–Trinajstić information content (AvgIpc) is 1.96. The van der Waals surface area contributed by atoms with E-state index in [1.54, 1.807) is 0 Å². The number of halogens is 4. The highest BCUT2D eigenvalue weighted by Gasteiger charge is 2.05. The van der Waals surface area contributed by atoms with E-state index in [1.807, 2.05) is 6.07 Å². The molecule has 0 nitrogen and oxygen atoms in total. The quantitative estimate of drug-likeness (QED) is 0.383. The van der Waals surface area contributed by atoms with Crippen molar-refractivity contribution in [1.29, 1.82) is 0 Å². The standard InChI is InChI=1S/C7H4Br2FI/c8-3-4-1-5(11)2-6(10)7(4)9/h1-2H,3H2. The molecule has 0 atom stereocenters. The highest BCUT2D eigenvalue weighted by molar-refractivity contribution is 14.1. The fourth-order valence-corrected chi connectivity index (χ4v) is 2.54. The Balaban J connectivity index is 3.24. The minimum absolute atomic E-state index is 0.202. The van der Waals surface area contributed by atoms with E-state index in [-0.39, 0.29) is 5.82 Å². The van der Waals surface area contributed by atoms with Crippen LogP contribution in [0.3, 0.4) is 0 Å². The zero-order valence-electron chi connectivity index (χ0n) is 5.37. The van der Waals surface area contributed by atoms with Crippen LogP contribution in [0.5, 0.6) is 0 Å². The minimum Gasteiger partial charge on any atom is -0.206 e. The lowest BCUT2D eigenvalue weighted by atomic mass is 10.2. The van der Waals surface area contributed by atoms with E-state index in [9.17, 15) is 4.39 Å². The Morgan fingerprint density at radius 3 is 2.64 bits per heavy atom. The molecule has 0 bridgehead atoms. The minimum atomic E-state index is -0.202. The first kappa shape index (κ1) is 9.92. The molecular weight excluding hydrogens is 390 g/mol. The fraction of sp³-hybridized carbons (Fsp3) is 0.143. The van der Waals surface area contributed by atoms with E-state index in [0.29, 0.717) is 9.80 Å². The first-order valence-corrected chi connectivity index (χ1v) is 5.84. The molecule has 11 heavy (non-hydrogen) atoms. The molecule has 0 saturated carbocycles. The predicted octanol–water partition coefficient (Wildman–Crippen LogP) is 4.09. The highest BCUT2D eigenvalue weighted by atomic mass is 127. The summed E-state index contributed by atoms with van der Waals surface area (Å²) in [7, 11) is 0. The van der Waals surface area contributed by atoms with E-state index >= 15 is 0 Å². The third kappa shape index (κ3) is 2.39. The predicted molar refractivity (Wildman–Crippen MR) is 59.4 cm³/mol. The molecular formula is C7H4Br2FI. The molecule has 0 spiro atoms. The van der Waals surface area contributed by atoms with Gasteiger partial charge in [-0.15, -0.1) is 0 Å². The molecule has 0 aliphatic carbocycles. The van der Waals surface area contributed by atoms with Gasteiger partial charge < -0.3 is 0 Å². The SMILES string of the molecule is Fc1cc(I)cc(CBr)c1Br. The van der Waals surface area contributed by atoms with Crippen LogP contribution < -0.4 is 0 Å². The van der Waals surface area contributed by atoms with Gasteiger partial charge in [-0.2, -0.15) is 0 Å². The van der Waals surface area contributed by atoms with Crippen molar-refractivity contribution in [3.05, 3.63) is 31.6 Å². The molecule has 0 aromatic heterocycles. The molecule has 1 rings (SSSR count). The van der Waals surface area contributed by atoms with Gasteiger partial charge in [0, 0.05) is 8.90 Å². The summed E-state index contributed by atoms with van der Waals surface area (Å²) in [6, 6.07) is 3.43. The zero-order valence-corrected chi connectivity index (χ0v) is 10.7. The Labute approximate surface area is 95.0 Å². The molecule has 0 N–H and O–H groups in total. The maximum Gasteiger partial charge on any atom is 0.138 e. The van der Waals surface area contributed by atoms with Gasteiger partial charge in [0.25, 0.3) is 0 Å². The lowest BCUT2D eigenvalue weighted by molar-refractivity contribution is 0.618. The van der Waals surface area contributed by atoms with Crippen molar-refractivity contribution in [2.45, 2.75) is 5.33 Å². The highest BCUT2D eigenvalue weighted by Crippen LogP contribution is 2.25. The first-order chi connectivity index (χ1) is 5.15. The summed E-state index contributed by atoms with van der Waals surface area (Å²) < 4.78 is 14.4. The molecule has 1 aromatic rings. The number of alkyl halides is 1. The monoisotopic (exact) mass is 392 g/mol. The van der Waals surface area contributed by atoms with Crippen LogP contribution in [0.2, 0.25) is 0 Å². The van der Waals surface area contributed by atoms with Gasteiger partial charge in [-0.3, -0.25) is 0 Å². The van der Waals surface area contributed by atoms with Crippen molar-refractivity contribution >= 4 is 54.5 Å². The van der Waals surface area contributed by atoms with Gasteiger partial charge in [0.15, 0.2) is 0 Å². The second-order valence-electron chi connectivity index (χ2n) is 1.99. The lowest BCUT2D eigenvalue weighted by Gasteiger charge is -2.01. The van der Waals surface area contributed by atoms with Crippen molar-refractivity contribution in [3.63, 3.8) is 0 Å². The summed E-state index contributed by atoms with van der Waals surface area (Å²) in [5.41, 5.74) is 0.939. The summed E-state index contributed by atoms with van der Waals surface area (Å²) in [5, 5.41) is 0.668. The molecule has 0 fully saturated rings. The molecule has 0 aliphatic heterocycles. The Bertz CT molecular complexity index is 275. The van der Waals surface area contributed by atoms with Crippen LogP contribution in [0, 0.1) is 9.39 Å². The van der Waals surface area contributed by atoms with Crippen molar-refractivity contribution in [2.24, 2.45) is 0 Å². The molecule has 0 aliphatic rings. The topological polar surface area (TPSA) is 0 Å². The number of hydrogen-bond acceptors (Lipinski definition) is 0. The Morgan fingerprint density at radius 1 is 1.45 bits per heavy atom. The average molecular weight is 394 g/mol. The van der Waals surface area contributed by atoms with Crippen molar-refractivity contribution in [3.8, 4) is 0 Å². The van der Waals surface area contributed by atoms with Gasteiger partial charge in [0.2, 0.25) is 0 Å². The first-order valence-electron chi connectivity index (χ1n) is 2.84. The Kier molecular flexibility index (Phi) is 3.77. The molecule has 4 heteroatoms. The smallest absolute Gasteiger partial charge is 0.138 e. The van der Waals surface area contributed by atoms with Crippen LogP contribution in [-0.2, 0) is 5.33 Å². The van der Waals surface area contributed by atoms with Crippen molar-refractivity contribution in [1.82, 2.24) is 0 Å². The second-order valence-corrected chi connectivity index (χ2v) is 4.59. The maximum atomic E-state index is 13.0. The Morgan fingerprint density at radius 2 is 2.09 bits per heavy atom. The largest absolute Gasteiger partial charge is 0.206 e. The second kappa shape index (κ2) is 4.18. The molecule has 60 valence electrons. The molecule has 0 radical (unpaired) electrons. The summed E-state index contributed by atoms with van der Waals surface area (Å²) in [6.07, 6.45) is 0. The number of hydrogen-bond donors (Lipinski definition) is 0. The van der Waals surface area contributed by atoms with E-state index < -0.39 is 0 Å². The molecule has 0 saturated heterocycles. The van der Waals surface area contributed by atoms with Gasteiger partial charge in [-0.1, -0.05) is 15.9 Å². The van der Waals surface area contributed by atoms with Crippen LogP contribution in [0.1, 0.15) is 5.56 Å². The van der Waals surface area contributed by atoms with E-state index in [2.05, 4.69) is 54.5 Å². The molecule has 0 amide bonds. The van der Waals surface area contributed by atoms with E-state index in [1.165, 1.54) is 6.07 Å². The van der Waals surface area contributed by atoms with E-state index in [0.717, 1.165) is 9.13 Å². The third-order valence-electron chi connectivity index (χ3n) is 1.21. The summed E-state index contributed by atoms with van der Waals surface area (Å²) >= 11 is 8.53. The summed E-state index contributed by atoms with van der Waals surface area (Å²) in [4.78, 5) is 0. The van der Waals surface area contributed by atoms with Gasteiger partial charge in [0.05, 0.1) is 4.47 Å². The normalized spacial score (nSPS) is 10.2. The van der Waals surface area contributed by atoms with Gasteiger partial charge in [0.1, 0.15) is 5.82 Å². The Hall–Kier alpha value is 0.840. The maximum absolute atomic E-state index is 13.0. The molecule has 0 heterocycles. The van der Waals surface area contributed by atoms with Gasteiger partial charge >= 0.3 is 0 Å². The number of rotatable bonds is 1. The van der Waals surface area contributed by atoms with Crippen LogP contribution in [0.25, 0.3) is 0 Å².